The van der Waals surface area contributed by atoms with Gasteiger partial charge in [0.15, 0.2) is 0 Å². The van der Waals surface area contributed by atoms with Gasteiger partial charge in [-0.05, 0) is 34.5 Å². The van der Waals surface area contributed by atoms with E-state index >= 15 is 0 Å². The second-order valence-corrected chi connectivity index (χ2v) is 4.46. The highest BCUT2D eigenvalue weighted by Crippen LogP contribution is 2.12. The van der Waals surface area contributed by atoms with Gasteiger partial charge in [-0.3, -0.25) is 9.69 Å². The lowest BCUT2D eigenvalue weighted by Crippen LogP contribution is -2.44. The monoisotopic (exact) mass is 315 g/mol. The van der Waals surface area contributed by atoms with Crippen molar-refractivity contribution in [1.82, 2.24) is 9.88 Å². The zero-order valence-corrected chi connectivity index (χ0v) is 11.6. The third kappa shape index (κ3) is 3.69. The van der Waals surface area contributed by atoms with Gasteiger partial charge in [-0.25, -0.2) is 9.78 Å². The number of amides is 2. The van der Waals surface area contributed by atoms with Gasteiger partial charge in [0.2, 0.25) is 5.91 Å². The van der Waals surface area contributed by atoms with E-state index in [4.69, 9.17) is 5.11 Å². The lowest BCUT2D eigenvalue weighted by molar-refractivity contribution is -0.120. The maximum Gasteiger partial charge on any atom is 0.407 e. The van der Waals surface area contributed by atoms with Crippen molar-refractivity contribution >= 4 is 33.7 Å². The van der Waals surface area contributed by atoms with Gasteiger partial charge in [0.25, 0.3) is 0 Å². The zero-order chi connectivity index (χ0) is 13.7. The SMILES string of the molecule is CCC(C(=O)Nc1cccc(Br)n1)N(C)C(=O)O. The number of hydrogen-bond acceptors (Lipinski definition) is 3. The average Bonchev–Trinajstić information content (AvgIpc) is 2.29. The Hall–Kier alpha value is -1.63. The Morgan fingerprint density at radius 1 is 1.56 bits per heavy atom. The molecule has 2 amide bonds. The van der Waals surface area contributed by atoms with Crippen molar-refractivity contribution in [2.45, 2.75) is 19.4 Å². The number of carbonyl (C=O) groups excluding carboxylic acids is 1. The Morgan fingerprint density at radius 3 is 2.72 bits per heavy atom. The van der Waals surface area contributed by atoms with Crippen molar-refractivity contribution in [3.05, 3.63) is 22.8 Å². The van der Waals surface area contributed by atoms with Crippen LogP contribution in [0.2, 0.25) is 0 Å². The Kier molecular flexibility index (Phi) is 5.08. The lowest BCUT2D eigenvalue weighted by atomic mass is 10.2. The predicted octanol–water partition coefficient (Wildman–Crippen LogP) is 2.17. The molecule has 98 valence electrons. The summed E-state index contributed by atoms with van der Waals surface area (Å²) in [5, 5.41) is 11.4. The largest absolute Gasteiger partial charge is 0.465 e. The first kappa shape index (κ1) is 14.4. The number of nitrogens with one attached hydrogen (secondary N) is 1. The third-order valence-corrected chi connectivity index (χ3v) is 2.87. The fourth-order valence-electron chi connectivity index (χ4n) is 1.46. The van der Waals surface area contributed by atoms with Crippen LogP contribution in [0.15, 0.2) is 22.8 Å². The normalized spacial score (nSPS) is 11.7. The first-order valence-corrected chi connectivity index (χ1v) is 6.14. The van der Waals surface area contributed by atoms with E-state index in [-0.39, 0.29) is 0 Å². The van der Waals surface area contributed by atoms with Gasteiger partial charge in [-0.15, -0.1) is 0 Å². The van der Waals surface area contributed by atoms with Crippen LogP contribution in [0.4, 0.5) is 10.6 Å². The molecule has 0 aliphatic heterocycles. The van der Waals surface area contributed by atoms with Crippen LogP contribution in [0, 0.1) is 0 Å². The van der Waals surface area contributed by atoms with E-state index in [0.717, 1.165) is 4.90 Å². The van der Waals surface area contributed by atoms with Crippen molar-refractivity contribution in [1.29, 1.82) is 0 Å². The van der Waals surface area contributed by atoms with Gasteiger partial charge in [-0.1, -0.05) is 13.0 Å². The number of aromatic nitrogens is 1. The van der Waals surface area contributed by atoms with Crippen LogP contribution in [-0.2, 0) is 4.79 Å². The summed E-state index contributed by atoms with van der Waals surface area (Å²) in [6, 6.07) is 4.37. The fourth-order valence-corrected chi connectivity index (χ4v) is 1.80. The second kappa shape index (κ2) is 6.34. The molecule has 6 nitrogen and oxygen atoms in total. The van der Waals surface area contributed by atoms with E-state index in [1.54, 1.807) is 25.1 Å². The number of halogens is 1. The van der Waals surface area contributed by atoms with Crippen LogP contribution < -0.4 is 5.32 Å². The van der Waals surface area contributed by atoms with Crippen LogP contribution in [0.1, 0.15) is 13.3 Å². The van der Waals surface area contributed by atoms with E-state index in [1.807, 2.05) is 0 Å². The Balaban J connectivity index is 2.77. The molecule has 1 rings (SSSR count). The quantitative estimate of drug-likeness (QED) is 0.834. The minimum atomic E-state index is -1.14. The molecule has 1 atom stereocenters. The molecule has 1 aromatic rings. The number of anilines is 1. The molecule has 2 N–H and O–H groups in total. The highest BCUT2D eigenvalue weighted by molar-refractivity contribution is 9.10. The number of pyridine rings is 1. The van der Waals surface area contributed by atoms with Gasteiger partial charge < -0.3 is 10.4 Å². The second-order valence-electron chi connectivity index (χ2n) is 3.65. The van der Waals surface area contributed by atoms with Crippen molar-refractivity contribution in [3.8, 4) is 0 Å². The Morgan fingerprint density at radius 2 is 2.22 bits per heavy atom. The minimum absolute atomic E-state index is 0.381. The van der Waals surface area contributed by atoms with Crippen LogP contribution in [0.5, 0.6) is 0 Å². The Bertz CT molecular complexity index is 453. The number of hydrogen-bond donors (Lipinski definition) is 2. The summed E-state index contributed by atoms with van der Waals surface area (Å²) in [6.07, 6.45) is -0.748. The van der Waals surface area contributed by atoms with E-state index in [0.29, 0.717) is 16.8 Å². The highest BCUT2D eigenvalue weighted by Gasteiger charge is 2.25. The standard InChI is InChI=1S/C11H14BrN3O3/c1-3-7(15(2)11(17)18)10(16)14-9-6-4-5-8(12)13-9/h4-7H,3H2,1-2H3,(H,17,18)(H,13,14,16). The smallest absolute Gasteiger partial charge is 0.407 e. The number of carbonyl (C=O) groups is 2. The third-order valence-electron chi connectivity index (χ3n) is 2.42. The summed E-state index contributed by atoms with van der Waals surface area (Å²) in [5.74, 6) is -0.0142. The molecular weight excluding hydrogens is 302 g/mol. The summed E-state index contributed by atoms with van der Waals surface area (Å²) in [6.45, 7) is 1.75. The molecule has 0 saturated carbocycles. The predicted molar refractivity (Wildman–Crippen MR) is 70.4 cm³/mol. The van der Waals surface area contributed by atoms with Crippen LogP contribution >= 0.6 is 15.9 Å². The van der Waals surface area contributed by atoms with Crippen molar-refractivity contribution < 1.29 is 14.7 Å². The van der Waals surface area contributed by atoms with E-state index in [2.05, 4.69) is 26.2 Å². The summed E-state index contributed by atoms with van der Waals surface area (Å²) in [5.41, 5.74) is 0. The summed E-state index contributed by atoms with van der Waals surface area (Å²) in [7, 11) is 1.37. The van der Waals surface area contributed by atoms with Gasteiger partial charge in [0.1, 0.15) is 16.5 Å². The summed E-state index contributed by atoms with van der Waals surface area (Å²) >= 11 is 3.19. The van der Waals surface area contributed by atoms with Crippen molar-refractivity contribution in [3.63, 3.8) is 0 Å². The molecule has 0 saturated heterocycles. The maximum atomic E-state index is 11.9. The molecule has 0 spiro atoms. The topological polar surface area (TPSA) is 82.5 Å². The molecule has 0 aliphatic carbocycles. The molecule has 1 heterocycles. The van der Waals surface area contributed by atoms with Gasteiger partial charge in [0.05, 0.1) is 0 Å². The lowest BCUT2D eigenvalue weighted by Gasteiger charge is -2.23. The van der Waals surface area contributed by atoms with Gasteiger partial charge in [0, 0.05) is 7.05 Å². The molecule has 0 aromatic carbocycles. The Labute approximate surface area is 113 Å². The van der Waals surface area contributed by atoms with E-state index < -0.39 is 18.0 Å². The van der Waals surface area contributed by atoms with Gasteiger partial charge >= 0.3 is 6.09 Å². The van der Waals surface area contributed by atoms with Crippen LogP contribution in [0.25, 0.3) is 0 Å². The molecule has 0 aliphatic rings. The first-order chi connectivity index (χ1) is 8.45. The molecule has 7 heteroatoms. The van der Waals surface area contributed by atoms with Gasteiger partial charge in [-0.2, -0.15) is 0 Å². The summed E-state index contributed by atoms with van der Waals surface area (Å²) < 4.78 is 0.597. The van der Waals surface area contributed by atoms with Crippen molar-refractivity contribution in [2.24, 2.45) is 0 Å². The molecule has 0 fully saturated rings. The zero-order valence-electron chi connectivity index (χ0n) is 10.1. The fraction of sp³-hybridized carbons (Fsp3) is 0.364. The summed E-state index contributed by atoms with van der Waals surface area (Å²) in [4.78, 5) is 27.8. The number of nitrogens with zero attached hydrogens (tertiary/aromatic N) is 2. The highest BCUT2D eigenvalue weighted by atomic mass is 79.9. The number of carboxylic acid groups (broad SMARTS) is 1. The van der Waals surface area contributed by atoms with Crippen LogP contribution in [0.3, 0.4) is 0 Å². The first-order valence-electron chi connectivity index (χ1n) is 5.35. The average molecular weight is 316 g/mol. The number of likely N-dealkylation sites (N-methyl/N-ethyl adjacent to an activating group) is 1. The number of rotatable bonds is 4. The molecule has 0 bridgehead atoms. The van der Waals surface area contributed by atoms with E-state index in [1.165, 1.54) is 7.05 Å². The molecule has 0 radical (unpaired) electrons. The molecule has 1 aromatic heterocycles. The van der Waals surface area contributed by atoms with E-state index in [9.17, 15) is 9.59 Å². The molecular formula is C11H14BrN3O3. The van der Waals surface area contributed by atoms with Crippen molar-refractivity contribution in [2.75, 3.05) is 12.4 Å². The minimum Gasteiger partial charge on any atom is -0.465 e. The maximum absolute atomic E-state index is 11.9. The van der Waals surface area contributed by atoms with Crippen LogP contribution in [-0.4, -0.2) is 40.1 Å². The molecule has 1 unspecified atom stereocenters. The molecule has 18 heavy (non-hydrogen) atoms.